The minimum absolute atomic E-state index is 0.0738. The smallest absolute Gasteiger partial charge is 0.247 e. The molecule has 6 nitrogen and oxygen atoms in total. The molecule has 0 radical (unpaired) electrons. The Morgan fingerprint density at radius 3 is 1.42 bits per heavy atom. The van der Waals surface area contributed by atoms with Crippen LogP contribution in [0, 0.1) is 0 Å². The van der Waals surface area contributed by atoms with Gasteiger partial charge in [-0.15, -0.1) is 0 Å². The zero-order valence-electron chi connectivity index (χ0n) is 13.8. The number of aromatic nitrogens is 2. The van der Waals surface area contributed by atoms with Gasteiger partial charge in [-0.1, -0.05) is 12.1 Å². The number of rotatable bonds is 4. The number of hydrogen-bond donors (Lipinski definition) is 0. The molecule has 0 saturated carbocycles. The second kappa shape index (κ2) is 5.49. The molecule has 2 saturated heterocycles. The van der Waals surface area contributed by atoms with E-state index in [-0.39, 0.29) is 11.8 Å². The van der Waals surface area contributed by atoms with Crippen LogP contribution in [-0.4, -0.2) is 34.9 Å². The number of benzene rings is 1. The lowest BCUT2D eigenvalue weighted by molar-refractivity contribution is -0.110. The molecule has 0 aliphatic carbocycles. The number of anilines is 2. The van der Waals surface area contributed by atoms with Crippen molar-refractivity contribution in [2.45, 2.75) is 0 Å². The molecular formula is C20H14N4O2. The molecule has 26 heavy (non-hydrogen) atoms. The summed E-state index contributed by atoms with van der Waals surface area (Å²) in [7, 11) is 0. The third-order valence-corrected chi connectivity index (χ3v) is 4.56. The van der Waals surface area contributed by atoms with E-state index in [0.717, 1.165) is 33.9 Å². The average Bonchev–Trinajstić information content (AvgIpc) is 3.60. The van der Waals surface area contributed by atoms with E-state index in [1.807, 2.05) is 48.5 Å². The molecule has 1 aromatic carbocycles. The number of amides is 2. The quantitative estimate of drug-likeness (QED) is 0.683. The van der Waals surface area contributed by atoms with E-state index in [1.165, 1.54) is 0 Å². The molecule has 4 heterocycles. The van der Waals surface area contributed by atoms with Crippen LogP contribution in [0.25, 0.3) is 22.5 Å². The highest BCUT2D eigenvalue weighted by Gasteiger charge is 2.38. The zero-order chi connectivity index (χ0) is 17.7. The molecule has 0 N–H and O–H groups in total. The van der Waals surface area contributed by atoms with Crippen molar-refractivity contribution in [3.63, 3.8) is 0 Å². The van der Waals surface area contributed by atoms with Crippen LogP contribution in [0.3, 0.4) is 0 Å². The molecule has 2 amide bonds. The van der Waals surface area contributed by atoms with E-state index >= 15 is 0 Å². The Labute approximate surface area is 149 Å². The summed E-state index contributed by atoms with van der Waals surface area (Å²) in [5, 5.41) is 0. The van der Waals surface area contributed by atoms with Crippen LogP contribution in [0.2, 0.25) is 0 Å². The molecule has 0 atom stereocenters. The zero-order valence-corrected chi connectivity index (χ0v) is 13.8. The van der Waals surface area contributed by atoms with Crippen LogP contribution in [0.5, 0.6) is 0 Å². The van der Waals surface area contributed by atoms with E-state index in [0.29, 0.717) is 13.1 Å². The fraction of sp³-hybridized carbons (Fsp3) is 0.100. The Hall–Kier alpha value is -3.54. The fourth-order valence-electron chi connectivity index (χ4n) is 3.12. The minimum atomic E-state index is 0.0738. The first-order chi connectivity index (χ1) is 12.7. The Bertz CT molecular complexity index is 949. The van der Waals surface area contributed by atoms with Gasteiger partial charge in [0.15, 0.2) is 0 Å². The van der Waals surface area contributed by atoms with Crippen LogP contribution in [-0.2, 0) is 9.59 Å². The van der Waals surface area contributed by atoms with Crippen molar-refractivity contribution < 1.29 is 9.59 Å². The van der Waals surface area contributed by atoms with Crippen molar-refractivity contribution in [1.82, 2.24) is 9.97 Å². The Morgan fingerprint density at radius 1 is 0.692 bits per heavy atom. The monoisotopic (exact) mass is 342 g/mol. The molecule has 2 aromatic heterocycles. The summed E-state index contributed by atoms with van der Waals surface area (Å²) in [6, 6.07) is 15.2. The molecular weight excluding hydrogens is 328 g/mol. The first kappa shape index (κ1) is 14.8. The molecule has 126 valence electrons. The molecule has 6 heteroatoms. The number of nitrogens with zero attached hydrogens (tertiary/aromatic N) is 4. The number of pyridine rings is 2. The predicted octanol–water partition coefficient (Wildman–Crippen LogP) is 2.50. The summed E-state index contributed by atoms with van der Waals surface area (Å²) in [5.74, 6) is 0.148. The lowest BCUT2D eigenvalue weighted by atomic mass is 10.0. The lowest BCUT2D eigenvalue weighted by Gasteiger charge is -2.16. The van der Waals surface area contributed by atoms with Crippen LogP contribution < -0.4 is 9.80 Å². The number of hydrogen-bond acceptors (Lipinski definition) is 4. The summed E-state index contributed by atoms with van der Waals surface area (Å²) in [5.41, 5.74) is 4.81. The van der Waals surface area contributed by atoms with Gasteiger partial charge in [0.2, 0.25) is 11.8 Å². The van der Waals surface area contributed by atoms with Crippen molar-refractivity contribution in [2.24, 2.45) is 0 Å². The fourth-order valence-corrected chi connectivity index (χ4v) is 3.12. The van der Waals surface area contributed by atoms with Crippen molar-refractivity contribution in [3.8, 4) is 22.5 Å². The Kier molecular flexibility index (Phi) is 3.12. The van der Waals surface area contributed by atoms with Gasteiger partial charge in [-0.3, -0.25) is 19.6 Å². The van der Waals surface area contributed by atoms with Crippen LogP contribution in [0.1, 0.15) is 0 Å². The summed E-state index contributed by atoms with van der Waals surface area (Å²) in [6.07, 6.45) is 3.44. The molecule has 2 fully saturated rings. The summed E-state index contributed by atoms with van der Waals surface area (Å²) < 4.78 is 0. The van der Waals surface area contributed by atoms with E-state index in [1.54, 1.807) is 22.2 Å². The highest BCUT2D eigenvalue weighted by Crippen LogP contribution is 2.44. The van der Waals surface area contributed by atoms with Gasteiger partial charge >= 0.3 is 0 Å². The molecule has 2 aliphatic rings. The maximum Gasteiger partial charge on any atom is 0.247 e. The van der Waals surface area contributed by atoms with Gasteiger partial charge < -0.3 is 9.80 Å². The van der Waals surface area contributed by atoms with Crippen molar-refractivity contribution in [3.05, 3.63) is 60.9 Å². The van der Waals surface area contributed by atoms with Crippen molar-refractivity contribution >= 4 is 23.2 Å². The number of carbonyl (C=O) groups is 2. The molecule has 0 bridgehead atoms. The Balaban J connectivity index is 1.75. The van der Waals surface area contributed by atoms with E-state index in [2.05, 4.69) is 9.97 Å². The second-order valence-electron chi connectivity index (χ2n) is 6.28. The maximum absolute atomic E-state index is 11.8. The standard InChI is InChI=1S/C20H14N4O2/c25-19-11-23(19)17-10-14(16-6-2-4-8-22-16)18(24-12-20(24)26)9-13(17)15-5-1-3-7-21-15/h1-10H,11-12H2. The van der Waals surface area contributed by atoms with Gasteiger partial charge in [-0.05, 0) is 36.4 Å². The van der Waals surface area contributed by atoms with Gasteiger partial charge in [0.25, 0.3) is 0 Å². The highest BCUT2D eigenvalue weighted by atomic mass is 16.2. The predicted molar refractivity (Wildman–Crippen MR) is 97.6 cm³/mol. The van der Waals surface area contributed by atoms with Crippen LogP contribution in [0.15, 0.2) is 60.9 Å². The third kappa shape index (κ3) is 2.43. The first-order valence-corrected chi connectivity index (χ1v) is 8.34. The maximum atomic E-state index is 11.8. The summed E-state index contributed by atoms with van der Waals surface area (Å²) in [4.78, 5) is 35.9. The van der Waals surface area contributed by atoms with Gasteiger partial charge in [0.1, 0.15) is 13.1 Å². The van der Waals surface area contributed by atoms with Crippen molar-refractivity contribution in [2.75, 3.05) is 22.9 Å². The second-order valence-corrected chi connectivity index (χ2v) is 6.28. The molecule has 0 spiro atoms. The van der Waals surface area contributed by atoms with E-state index < -0.39 is 0 Å². The van der Waals surface area contributed by atoms with Crippen LogP contribution in [0.4, 0.5) is 11.4 Å². The summed E-state index contributed by atoms with van der Waals surface area (Å²) in [6.45, 7) is 0.785. The molecule has 2 aliphatic heterocycles. The van der Waals surface area contributed by atoms with Gasteiger partial charge in [0.05, 0.1) is 22.8 Å². The van der Waals surface area contributed by atoms with Crippen LogP contribution >= 0.6 is 0 Å². The van der Waals surface area contributed by atoms with Gasteiger partial charge in [0, 0.05) is 23.5 Å². The normalized spacial score (nSPS) is 15.4. The Morgan fingerprint density at radius 2 is 1.12 bits per heavy atom. The summed E-state index contributed by atoms with van der Waals surface area (Å²) >= 11 is 0. The minimum Gasteiger partial charge on any atom is -0.301 e. The first-order valence-electron chi connectivity index (χ1n) is 8.34. The van der Waals surface area contributed by atoms with Gasteiger partial charge in [-0.2, -0.15) is 0 Å². The average molecular weight is 342 g/mol. The lowest BCUT2D eigenvalue weighted by Crippen LogP contribution is -2.03. The van der Waals surface area contributed by atoms with Gasteiger partial charge in [-0.25, -0.2) is 0 Å². The third-order valence-electron chi connectivity index (χ3n) is 4.56. The van der Waals surface area contributed by atoms with E-state index in [9.17, 15) is 9.59 Å². The number of carbonyl (C=O) groups excluding carboxylic acids is 2. The molecule has 0 unspecified atom stereocenters. The molecule has 3 aromatic rings. The largest absolute Gasteiger partial charge is 0.301 e. The topological polar surface area (TPSA) is 65.9 Å². The molecule has 5 rings (SSSR count). The van der Waals surface area contributed by atoms with E-state index in [4.69, 9.17) is 0 Å². The highest BCUT2D eigenvalue weighted by molar-refractivity contribution is 6.17. The SMILES string of the molecule is O=C1CN1c1cc(-c2ccccn2)c(N2CC2=O)cc1-c1ccccn1. The van der Waals surface area contributed by atoms with Crippen molar-refractivity contribution in [1.29, 1.82) is 0 Å².